The molecule has 2 rings (SSSR count). The summed E-state index contributed by atoms with van der Waals surface area (Å²) in [5, 5.41) is 13.0. The summed E-state index contributed by atoms with van der Waals surface area (Å²) in [7, 11) is 1.55. The summed E-state index contributed by atoms with van der Waals surface area (Å²) < 4.78 is 10.7. The Morgan fingerprint density at radius 2 is 2.35 bits per heavy atom. The minimum atomic E-state index is -0.677. The van der Waals surface area contributed by atoms with Crippen molar-refractivity contribution in [3.8, 4) is 5.75 Å². The van der Waals surface area contributed by atoms with Crippen LogP contribution in [-0.2, 0) is 9.53 Å². The van der Waals surface area contributed by atoms with Gasteiger partial charge in [0, 0.05) is 26.0 Å². The molecule has 5 heteroatoms. The number of hydrogen-bond acceptors (Lipinski definition) is 4. The van der Waals surface area contributed by atoms with Crippen molar-refractivity contribution in [3.63, 3.8) is 0 Å². The lowest BCUT2D eigenvalue weighted by molar-refractivity contribution is -0.119. The number of nitrogens with one attached hydrogen (secondary N) is 1. The van der Waals surface area contributed by atoms with Gasteiger partial charge in [-0.05, 0) is 30.2 Å². The van der Waals surface area contributed by atoms with Gasteiger partial charge in [-0.15, -0.1) is 0 Å². The SMILES string of the molecule is COCC(O)c1cc(C)c2c(c1)C(NC(C)=O)CCO2. The van der Waals surface area contributed by atoms with E-state index in [1.54, 1.807) is 7.11 Å². The van der Waals surface area contributed by atoms with Crippen molar-refractivity contribution in [3.05, 3.63) is 28.8 Å². The van der Waals surface area contributed by atoms with Crippen molar-refractivity contribution < 1.29 is 19.4 Å². The van der Waals surface area contributed by atoms with Gasteiger partial charge in [-0.1, -0.05) is 0 Å². The number of amides is 1. The van der Waals surface area contributed by atoms with E-state index >= 15 is 0 Å². The standard InChI is InChI=1S/C15H21NO4/c1-9-6-11(14(18)8-19-3)7-12-13(16-10(2)17)4-5-20-15(9)12/h6-7,13-14,18H,4-5,8H2,1-3H3,(H,16,17). The Morgan fingerprint density at radius 3 is 3.00 bits per heavy atom. The maximum Gasteiger partial charge on any atom is 0.217 e. The topological polar surface area (TPSA) is 67.8 Å². The molecule has 0 radical (unpaired) electrons. The zero-order valence-corrected chi connectivity index (χ0v) is 12.1. The van der Waals surface area contributed by atoms with Crippen LogP contribution in [0.3, 0.4) is 0 Å². The van der Waals surface area contributed by atoms with Crippen molar-refractivity contribution in [1.82, 2.24) is 5.32 Å². The zero-order valence-electron chi connectivity index (χ0n) is 12.1. The van der Waals surface area contributed by atoms with E-state index in [1.165, 1.54) is 6.92 Å². The van der Waals surface area contributed by atoms with Crippen LogP contribution in [0.4, 0.5) is 0 Å². The zero-order chi connectivity index (χ0) is 14.7. The van der Waals surface area contributed by atoms with Crippen LogP contribution in [-0.4, -0.2) is 31.3 Å². The number of carbonyl (C=O) groups is 1. The predicted molar refractivity (Wildman–Crippen MR) is 74.7 cm³/mol. The predicted octanol–water partition coefficient (Wildman–Crippen LogP) is 1.63. The number of benzene rings is 1. The van der Waals surface area contributed by atoms with Gasteiger partial charge in [0.2, 0.25) is 5.91 Å². The summed E-state index contributed by atoms with van der Waals surface area (Å²) in [5.74, 6) is 0.742. The summed E-state index contributed by atoms with van der Waals surface area (Å²) in [6.45, 7) is 4.27. The number of carbonyl (C=O) groups excluding carboxylic acids is 1. The third-order valence-electron chi connectivity index (χ3n) is 3.44. The first kappa shape index (κ1) is 14.8. The number of rotatable bonds is 4. The fourth-order valence-electron chi connectivity index (χ4n) is 2.56. The molecule has 2 unspecified atom stereocenters. The van der Waals surface area contributed by atoms with Crippen LogP contribution in [0.2, 0.25) is 0 Å². The van der Waals surface area contributed by atoms with E-state index in [1.807, 2.05) is 19.1 Å². The molecule has 0 aromatic heterocycles. The Balaban J connectivity index is 2.37. The highest BCUT2D eigenvalue weighted by molar-refractivity contribution is 5.73. The van der Waals surface area contributed by atoms with E-state index in [2.05, 4.69) is 5.32 Å². The minimum absolute atomic E-state index is 0.0651. The molecule has 1 amide bonds. The molecule has 110 valence electrons. The van der Waals surface area contributed by atoms with E-state index in [-0.39, 0.29) is 18.6 Å². The number of ether oxygens (including phenoxy) is 2. The minimum Gasteiger partial charge on any atom is -0.493 e. The first-order chi connectivity index (χ1) is 9.52. The maximum atomic E-state index is 11.3. The molecule has 1 aromatic rings. The van der Waals surface area contributed by atoms with Gasteiger partial charge in [0.05, 0.1) is 19.3 Å². The highest BCUT2D eigenvalue weighted by Crippen LogP contribution is 2.37. The van der Waals surface area contributed by atoms with Gasteiger partial charge in [-0.25, -0.2) is 0 Å². The third kappa shape index (κ3) is 3.11. The van der Waals surface area contributed by atoms with Crippen LogP contribution in [0.25, 0.3) is 0 Å². The molecule has 5 nitrogen and oxygen atoms in total. The third-order valence-corrected chi connectivity index (χ3v) is 3.44. The van der Waals surface area contributed by atoms with E-state index < -0.39 is 6.10 Å². The first-order valence-electron chi connectivity index (χ1n) is 6.74. The Morgan fingerprint density at radius 1 is 1.60 bits per heavy atom. The molecule has 20 heavy (non-hydrogen) atoms. The quantitative estimate of drug-likeness (QED) is 0.879. The smallest absolute Gasteiger partial charge is 0.217 e. The molecule has 1 aliphatic rings. The Hall–Kier alpha value is -1.59. The average molecular weight is 279 g/mol. The fourth-order valence-corrected chi connectivity index (χ4v) is 2.56. The lowest BCUT2D eigenvalue weighted by Crippen LogP contribution is -2.31. The van der Waals surface area contributed by atoms with Crippen molar-refractivity contribution in [2.75, 3.05) is 20.3 Å². The van der Waals surface area contributed by atoms with E-state index in [4.69, 9.17) is 9.47 Å². The lowest BCUT2D eigenvalue weighted by Gasteiger charge is -2.29. The molecule has 2 N–H and O–H groups in total. The molecular weight excluding hydrogens is 258 g/mol. The highest BCUT2D eigenvalue weighted by atomic mass is 16.5. The van der Waals surface area contributed by atoms with Gasteiger partial charge in [-0.3, -0.25) is 4.79 Å². The number of fused-ring (bicyclic) bond motifs is 1. The number of hydrogen-bond donors (Lipinski definition) is 2. The molecule has 0 bridgehead atoms. The monoisotopic (exact) mass is 279 g/mol. The largest absolute Gasteiger partial charge is 0.493 e. The second kappa shape index (κ2) is 6.24. The van der Waals surface area contributed by atoms with Gasteiger partial charge in [-0.2, -0.15) is 0 Å². The van der Waals surface area contributed by atoms with Gasteiger partial charge in [0.25, 0.3) is 0 Å². The molecule has 1 aliphatic heterocycles. The molecule has 0 aliphatic carbocycles. The molecular formula is C15H21NO4. The van der Waals surface area contributed by atoms with Crippen LogP contribution in [0.1, 0.15) is 42.2 Å². The Kier molecular flexibility index (Phi) is 4.62. The molecule has 0 saturated carbocycles. The van der Waals surface area contributed by atoms with Crippen molar-refractivity contribution in [1.29, 1.82) is 0 Å². The van der Waals surface area contributed by atoms with Crippen LogP contribution < -0.4 is 10.1 Å². The Labute approximate surface area is 118 Å². The van der Waals surface area contributed by atoms with Crippen LogP contribution in [0.5, 0.6) is 5.75 Å². The molecule has 1 heterocycles. The summed E-state index contributed by atoms with van der Waals surface area (Å²) >= 11 is 0. The van der Waals surface area contributed by atoms with Crippen LogP contribution in [0, 0.1) is 6.92 Å². The molecule has 2 atom stereocenters. The van der Waals surface area contributed by atoms with Crippen LogP contribution >= 0.6 is 0 Å². The van der Waals surface area contributed by atoms with E-state index in [0.29, 0.717) is 6.61 Å². The van der Waals surface area contributed by atoms with Crippen molar-refractivity contribution in [2.45, 2.75) is 32.4 Å². The Bertz CT molecular complexity index is 501. The molecule has 0 spiro atoms. The van der Waals surface area contributed by atoms with Gasteiger partial charge >= 0.3 is 0 Å². The highest BCUT2D eigenvalue weighted by Gasteiger charge is 2.25. The number of aryl methyl sites for hydroxylation is 1. The number of aliphatic hydroxyl groups excluding tert-OH is 1. The normalized spacial score (nSPS) is 18.9. The molecule has 1 aromatic carbocycles. The van der Waals surface area contributed by atoms with Gasteiger partial charge in [0.15, 0.2) is 0 Å². The average Bonchev–Trinajstić information content (AvgIpc) is 2.39. The van der Waals surface area contributed by atoms with Crippen LogP contribution in [0.15, 0.2) is 12.1 Å². The fraction of sp³-hybridized carbons (Fsp3) is 0.533. The van der Waals surface area contributed by atoms with Crippen molar-refractivity contribution in [2.24, 2.45) is 0 Å². The van der Waals surface area contributed by atoms with E-state index in [0.717, 1.165) is 28.9 Å². The molecule has 0 saturated heterocycles. The summed E-state index contributed by atoms with van der Waals surface area (Å²) in [4.78, 5) is 11.3. The second-order valence-electron chi connectivity index (χ2n) is 5.12. The van der Waals surface area contributed by atoms with Crippen molar-refractivity contribution >= 4 is 5.91 Å². The summed E-state index contributed by atoms with van der Waals surface area (Å²) in [5.41, 5.74) is 2.67. The van der Waals surface area contributed by atoms with Gasteiger partial charge < -0.3 is 19.9 Å². The summed E-state index contributed by atoms with van der Waals surface area (Å²) in [6.07, 6.45) is 0.0551. The summed E-state index contributed by atoms with van der Waals surface area (Å²) in [6, 6.07) is 3.73. The maximum absolute atomic E-state index is 11.3. The number of aliphatic hydroxyl groups is 1. The lowest BCUT2D eigenvalue weighted by atomic mass is 9.93. The second-order valence-corrected chi connectivity index (χ2v) is 5.12. The first-order valence-corrected chi connectivity index (χ1v) is 6.74. The van der Waals surface area contributed by atoms with E-state index in [9.17, 15) is 9.90 Å². The number of methoxy groups -OCH3 is 1. The molecule has 0 fully saturated rings. The van der Waals surface area contributed by atoms with Gasteiger partial charge in [0.1, 0.15) is 11.9 Å².